The molecule has 0 aliphatic rings. The maximum Gasteiger partial charge on any atom is 0.118 e. The predicted molar refractivity (Wildman–Crippen MR) is 69.8 cm³/mol. The molecule has 2 heteroatoms. The van der Waals surface area contributed by atoms with Gasteiger partial charge in [0.05, 0.1) is 0 Å². The number of hydrogen-bond acceptors (Lipinski definition) is 1. The zero-order chi connectivity index (χ0) is 11.6. The Morgan fingerprint density at radius 1 is 0.882 bits per heavy atom. The van der Waals surface area contributed by atoms with Crippen LogP contribution in [0.2, 0.25) is 0 Å². The molecule has 0 aliphatic carbocycles. The van der Waals surface area contributed by atoms with E-state index in [1.54, 1.807) is 6.07 Å². The first kappa shape index (κ1) is 16.9. The standard InChI is InChI=1S/C15H24O.Cd/c1-2-3-4-5-6-7-8-11-14-12-9-10-13-15(14)16;/h9-10,12-13,16H,2-8,11H2,1H3;. The van der Waals surface area contributed by atoms with Crippen LogP contribution in [0.25, 0.3) is 0 Å². The van der Waals surface area contributed by atoms with Gasteiger partial charge in [-0.15, -0.1) is 0 Å². The molecular weight excluding hydrogens is 309 g/mol. The fraction of sp³-hybridized carbons (Fsp3) is 0.600. The first-order valence-electron chi connectivity index (χ1n) is 6.61. The van der Waals surface area contributed by atoms with Crippen molar-refractivity contribution in [1.29, 1.82) is 0 Å². The third-order valence-electron chi connectivity index (χ3n) is 3.04. The van der Waals surface area contributed by atoms with Crippen molar-refractivity contribution >= 4 is 0 Å². The van der Waals surface area contributed by atoms with Crippen molar-refractivity contribution in [2.24, 2.45) is 0 Å². The Hall–Kier alpha value is -0.0579. The molecule has 0 bridgehead atoms. The molecule has 92 valence electrons. The van der Waals surface area contributed by atoms with Crippen LogP contribution in [-0.4, -0.2) is 5.11 Å². The van der Waals surface area contributed by atoms with Crippen LogP contribution in [0.5, 0.6) is 5.75 Å². The van der Waals surface area contributed by atoms with Gasteiger partial charge in [0, 0.05) is 27.3 Å². The molecule has 0 radical (unpaired) electrons. The molecule has 1 rings (SSSR count). The van der Waals surface area contributed by atoms with E-state index in [4.69, 9.17) is 0 Å². The van der Waals surface area contributed by atoms with E-state index < -0.39 is 0 Å². The molecule has 0 spiro atoms. The van der Waals surface area contributed by atoms with Crippen molar-refractivity contribution in [3.63, 3.8) is 0 Å². The van der Waals surface area contributed by atoms with Crippen LogP contribution >= 0.6 is 0 Å². The number of benzene rings is 1. The summed E-state index contributed by atoms with van der Waals surface area (Å²) in [7, 11) is 0. The van der Waals surface area contributed by atoms with E-state index in [0.717, 1.165) is 12.0 Å². The van der Waals surface area contributed by atoms with Crippen molar-refractivity contribution in [3.05, 3.63) is 29.8 Å². The summed E-state index contributed by atoms with van der Waals surface area (Å²) in [4.78, 5) is 0. The van der Waals surface area contributed by atoms with Crippen LogP contribution in [0.3, 0.4) is 0 Å². The van der Waals surface area contributed by atoms with Gasteiger partial charge in [-0.05, 0) is 24.5 Å². The minimum Gasteiger partial charge on any atom is -0.508 e. The molecule has 0 saturated carbocycles. The monoisotopic (exact) mass is 334 g/mol. The summed E-state index contributed by atoms with van der Waals surface area (Å²) in [5.41, 5.74) is 1.09. The molecule has 1 aromatic rings. The largest absolute Gasteiger partial charge is 0.508 e. The molecule has 0 unspecified atom stereocenters. The minimum atomic E-state index is 0. The molecule has 0 aromatic heterocycles. The van der Waals surface area contributed by atoms with Crippen molar-refractivity contribution in [3.8, 4) is 5.75 Å². The van der Waals surface area contributed by atoms with E-state index in [0.29, 0.717) is 5.75 Å². The summed E-state index contributed by atoms with van der Waals surface area (Å²) in [6.45, 7) is 2.25. The van der Waals surface area contributed by atoms with Gasteiger partial charge in [-0.2, -0.15) is 0 Å². The van der Waals surface area contributed by atoms with Crippen LogP contribution in [0.15, 0.2) is 24.3 Å². The Kier molecular flexibility index (Phi) is 11.0. The van der Waals surface area contributed by atoms with Gasteiger partial charge < -0.3 is 5.11 Å². The average molecular weight is 333 g/mol. The summed E-state index contributed by atoms with van der Waals surface area (Å²) < 4.78 is 0. The summed E-state index contributed by atoms with van der Waals surface area (Å²) >= 11 is 0. The normalized spacial score (nSPS) is 9.94. The number of phenols is 1. The maximum atomic E-state index is 9.58. The fourth-order valence-corrected chi connectivity index (χ4v) is 1.99. The number of phenolic OH excluding ortho intramolecular Hbond substituents is 1. The van der Waals surface area contributed by atoms with Gasteiger partial charge >= 0.3 is 0 Å². The topological polar surface area (TPSA) is 20.2 Å². The maximum absolute atomic E-state index is 9.58. The molecular formula is C15H24CdO. The van der Waals surface area contributed by atoms with E-state index in [2.05, 4.69) is 6.92 Å². The van der Waals surface area contributed by atoms with Gasteiger partial charge in [0.25, 0.3) is 0 Å². The summed E-state index contributed by atoms with van der Waals surface area (Å²) in [5, 5.41) is 9.58. The molecule has 0 aliphatic heterocycles. The smallest absolute Gasteiger partial charge is 0.118 e. The number of unbranched alkanes of at least 4 members (excludes halogenated alkanes) is 6. The quantitative estimate of drug-likeness (QED) is 0.541. The molecule has 0 amide bonds. The zero-order valence-electron chi connectivity index (χ0n) is 11.1. The number of hydrogen-bond donors (Lipinski definition) is 1. The van der Waals surface area contributed by atoms with Crippen molar-refractivity contribution in [2.45, 2.75) is 58.3 Å². The van der Waals surface area contributed by atoms with Gasteiger partial charge in [-0.1, -0.05) is 63.6 Å². The second-order valence-electron chi connectivity index (χ2n) is 4.50. The van der Waals surface area contributed by atoms with Crippen LogP contribution in [0, 0.1) is 0 Å². The van der Waals surface area contributed by atoms with Crippen molar-refractivity contribution in [1.82, 2.24) is 0 Å². The molecule has 1 N–H and O–H groups in total. The molecule has 1 aromatic carbocycles. The Labute approximate surface area is 126 Å². The average Bonchev–Trinajstić information content (AvgIpc) is 2.30. The SMILES string of the molecule is CCCCCCCCCc1ccccc1O.[Cd]. The Bertz CT molecular complexity index is 286. The van der Waals surface area contributed by atoms with Crippen molar-refractivity contribution < 1.29 is 32.4 Å². The van der Waals surface area contributed by atoms with E-state index in [1.165, 1.54) is 44.9 Å². The number of aromatic hydroxyl groups is 1. The number of aryl methyl sites for hydroxylation is 1. The minimum absolute atomic E-state index is 0. The van der Waals surface area contributed by atoms with Gasteiger partial charge in [0.1, 0.15) is 5.75 Å². The van der Waals surface area contributed by atoms with Gasteiger partial charge in [-0.3, -0.25) is 0 Å². The molecule has 0 heterocycles. The number of para-hydroxylation sites is 1. The van der Waals surface area contributed by atoms with E-state index >= 15 is 0 Å². The second-order valence-corrected chi connectivity index (χ2v) is 4.50. The predicted octanol–water partition coefficient (Wildman–Crippen LogP) is 4.68. The van der Waals surface area contributed by atoms with E-state index in [9.17, 15) is 5.11 Å². The molecule has 0 atom stereocenters. The van der Waals surface area contributed by atoms with Crippen molar-refractivity contribution in [2.75, 3.05) is 0 Å². The summed E-state index contributed by atoms with van der Waals surface area (Å²) in [5.74, 6) is 0.452. The molecule has 17 heavy (non-hydrogen) atoms. The summed E-state index contributed by atoms with van der Waals surface area (Å²) in [6, 6.07) is 7.67. The Morgan fingerprint density at radius 2 is 1.47 bits per heavy atom. The first-order valence-corrected chi connectivity index (χ1v) is 6.61. The van der Waals surface area contributed by atoms with Gasteiger partial charge in [0.2, 0.25) is 0 Å². The Morgan fingerprint density at radius 3 is 2.12 bits per heavy atom. The zero-order valence-corrected chi connectivity index (χ0v) is 15.2. The van der Waals surface area contributed by atoms with Gasteiger partial charge in [-0.25, -0.2) is 0 Å². The van der Waals surface area contributed by atoms with E-state index in [1.807, 2.05) is 18.2 Å². The van der Waals surface area contributed by atoms with Crippen LogP contribution < -0.4 is 0 Å². The fourth-order valence-electron chi connectivity index (χ4n) is 1.99. The van der Waals surface area contributed by atoms with Crippen LogP contribution in [0.4, 0.5) is 0 Å². The third-order valence-corrected chi connectivity index (χ3v) is 3.04. The molecule has 0 saturated heterocycles. The molecule has 0 fully saturated rings. The number of rotatable bonds is 8. The Balaban J connectivity index is 0.00000256. The van der Waals surface area contributed by atoms with Crippen LogP contribution in [-0.2, 0) is 33.7 Å². The third kappa shape index (κ3) is 7.79. The summed E-state index contributed by atoms with van der Waals surface area (Å²) in [6.07, 6.45) is 10.3. The van der Waals surface area contributed by atoms with Gasteiger partial charge in [0.15, 0.2) is 0 Å². The first-order chi connectivity index (χ1) is 7.84. The molecule has 1 nitrogen and oxygen atoms in total. The second kappa shape index (κ2) is 11.1. The van der Waals surface area contributed by atoms with E-state index in [-0.39, 0.29) is 27.3 Å². The van der Waals surface area contributed by atoms with Crippen LogP contribution in [0.1, 0.15) is 57.4 Å².